The van der Waals surface area contributed by atoms with Crippen molar-refractivity contribution in [2.24, 2.45) is 0 Å². The largest absolute Gasteiger partial charge is 0.512 e. The predicted octanol–water partition coefficient (Wildman–Crippen LogP) is 2.17. The molecule has 0 radical (unpaired) electrons. The van der Waals surface area contributed by atoms with Gasteiger partial charge in [-0.15, -0.1) is 0 Å². The lowest BCUT2D eigenvalue weighted by Crippen LogP contribution is -1.87. The second kappa shape index (κ2) is 2.03. The van der Waals surface area contributed by atoms with Crippen LogP contribution in [0.2, 0.25) is 0 Å². The maximum Gasteiger partial charge on any atom is 0.0928 e. The van der Waals surface area contributed by atoms with Gasteiger partial charge in [0.15, 0.2) is 0 Å². The Morgan fingerprint density at radius 2 is 2.38 bits per heavy atom. The number of allylic oxidation sites excluding steroid dienone is 4. The van der Waals surface area contributed by atoms with E-state index in [1.165, 1.54) is 5.57 Å². The van der Waals surface area contributed by atoms with Crippen LogP contribution in [0, 0.1) is 0 Å². The van der Waals surface area contributed by atoms with Crippen molar-refractivity contribution in [1.29, 1.82) is 0 Å². The number of aliphatic hydroxyl groups excluding tert-OH is 1. The molecule has 0 amide bonds. The first-order valence-electron chi connectivity index (χ1n) is 2.85. The number of hydrogen-bond donors (Lipinski definition) is 1. The Morgan fingerprint density at radius 3 is 2.75 bits per heavy atom. The van der Waals surface area contributed by atoms with Gasteiger partial charge in [-0.2, -0.15) is 0 Å². The van der Waals surface area contributed by atoms with Crippen LogP contribution in [0.4, 0.5) is 0 Å². The van der Waals surface area contributed by atoms with Crippen molar-refractivity contribution < 1.29 is 5.11 Å². The van der Waals surface area contributed by atoms with E-state index in [2.05, 4.69) is 6.08 Å². The lowest BCUT2D eigenvalue weighted by molar-refractivity contribution is 0.386. The van der Waals surface area contributed by atoms with E-state index in [4.69, 9.17) is 5.11 Å². The third kappa shape index (κ3) is 1.12. The highest BCUT2D eigenvalue weighted by Crippen LogP contribution is 2.13. The van der Waals surface area contributed by atoms with Gasteiger partial charge in [0, 0.05) is 6.42 Å². The fourth-order valence-corrected chi connectivity index (χ4v) is 0.842. The molecule has 0 saturated heterocycles. The van der Waals surface area contributed by atoms with Gasteiger partial charge in [-0.3, -0.25) is 0 Å². The van der Waals surface area contributed by atoms with Gasteiger partial charge in [0.05, 0.1) is 5.76 Å². The normalized spacial score (nSPS) is 19.6. The number of rotatable bonds is 0. The van der Waals surface area contributed by atoms with Crippen LogP contribution < -0.4 is 0 Å². The molecule has 1 heteroatoms. The standard InChI is InChI=1S/C7H10O/c1-6-3-2-4-7(8)5-6/h3,5,8H,2,4H2,1H3. The quantitative estimate of drug-likeness (QED) is 0.506. The summed E-state index contributed by atoms with van der Waals surface area (Å²) in [4.78, 5) is 0. The molecule has 0 spiro atoms. The highest BCUT2D eigenvalue weighted by atomic mass is 16.3. The molecule has 1 N–H and O–H groups in total. The van der Waals surface area contributed by atoms with Crippen LogP contribution in [-0.2, 0) is 0 Å². The van der Waals surface area contributed by atoms with E-state index in [-0.39, 0.29) is 0 Å². The van der Waals surface area contributed by atoms with Gasteiger partial charge >= 0.3 is 0 Å². The van der Waals surface area contributed by atoms with E-state index in [1.807, 2.05) is 13.0 Å². The second-order valence-electron chi connectivity index (χ2n) is 2.12. The molecule has 1 aliphatic rings. The molecule has 0 atom stereocenters. The van der Waals surface area contributed by atoms with Crippen molar-refractivity contribution in [3.8, 4) is 0 Å². The zero-order chi connectivity index (χ0) is 5.98. The SMILES string of the molecule is CC1=CCCC(O)=C1. The van der Waals surface area contributed by atoms with Crippen molar-refractivity contribution in [3.05, 3.63) is 23.5 Å². The zero-order valence-electron chi connectivity index (χ0n) is 5.02. The Kier molecular flexibility index (Phi) is 1.38. The fourth-order valence-electron chi connectivity index (χ4n) is 0.842. The molecule has 0 saturated carbocycles. The lowest BCUT2D eigenvalue weighted by atomic mass is 10.1. The Bertz CT molecular complexity index is 142. The highest BCUT2D eigenvalue weighted by Gasteiger charge is 1.97. The first-order chi connectivity index (χ1) is 3.79. The Hall–Kier alpha value is -0.720. The maximum atomic E-state index is 8.90. The first-order valence-corrected chi connectivity index (χ1v) is 2.85. The molecular weight excluding hydrogens is 100 g/mol. The van der Waals surface area contributed by atoms with Gasteiger partial charge < -0.3 is 5.11 Å². The van der Waals surface area contributed by atoms with Crippen molar-refractivity contribution in [3.63, 3.8) is 0 Å². The summed E-state index contributed by atoms with van der Waals surface area (Å²) in [5.74, 6) is 0.519. The van der Waals surface area contributed by atoms with Gasteiger partial charge in [-0.25, -0.2) is 0 Å². The average molecular weight is 110 g/mol. The smallest absolute Gasteiger partial charge is 0.0928 e. The van der Waals surface area contributed by atoms with Crippen LogP contribution in [0.3, 0.4) is 0 Å². The summed E-state index contributed by atoms with van der Waals surface area (Å²) in [5, 5.41) is 8.90. The second-order valence-corrected chi connectivity index (χ2v) is 2.12. The van der Waals surface area contributed by atoms with E-state index in [0.717, 1.165) is 12.8 Å². The summed E-state index contributed by atoms with van der Waals surface area (Å²) in [6.07, 6.45) is 5.74. The molecule has 0 bridgehead atoms. The summed E-state index contributed by atoms with van der Waals surface area (Å²) in [7, 11) is 0. The van der Waals surface area contributed by atoms with Gasteiger partial charge in [0.2, 0.25) is 0 Å². The molecule has 0 aromatic carbocycles. The molecule has 0 fully saturated rings. The third-order valence-corrected chi connectivity index (χ3v) is 1.26. The average Bonchev–Trinajstić information content (AvgIpc) is 1.64. The molecule has 44 valence electrons. The van der Waals surface area contributed by atoms with E-state index in [9.17, 15) is 0 Å². The number of aliphatic hydroxyl groups is 1. The van der Waals surface area contributed by atoms with Crippen LogP contribution in [0.15, 0.2) is 23.5 Å². The summed E-state index contributed by atoms with van der Waals surface area (Å²) in [5.41, 5.74) is 1.17. The van der Waals surface area contributed by atoms with Gasteiger partial charge in [0.1, 0.15) is 0 Å². The maximum absolute atomic E-state index is 8.90. The van der Waals surface area contributed by atoms with Gasteiger partial charge in [-0.05, 0) is 19.4 Å². The summed E-state index contributed by atoms with van der Waals surface area (Å²) in [6.45, 7) is 2.00. The molecule has 0 aliphatic heterocycles. The minimum atomic E-state index is 0.519. The van der Waals surface area contributed by atoms with Crippen LogP contribution >= 0.6 is 0 Å². The lowest BCUT2D eigenvalue weighted by Gasteiger charge is -2.03. The van der Waals surface area contributed by atoms with Gasteiger partial charge in [-0.1, -0.05) is 11.6 Å². The molecule has 1 rings (SSSR count). The molecular formula is C7H10O. The fraction of sp³-hybridized carbons (Fsp3) is 0.429. The Morgan fingerprint density at radius 1 is 1.62 bits per heavy atom. The highest BCUT2D eigenvalue weighted by molar-refractivity contribution is 5.22. The molecule has 0 heterocycles. The molecule has 8 heavy (non-hydrogen) atoms. The van der Waals surface area contributed by atoms with Crippen molar-refractivity contribution in [2.75, 3.05) is 0 Å². The first kappa shape index (κ1) is 5.42. The van der Waals surface area contributed by atoms with Crippen LogP contribution in [0.1, 0.15) is 19.8 Å². The predicted molar refractivity (Wildman–Crippen MR) is 33.7 cm³/mol. The zero-order valence-corrected chi connectivity index (χ0v) is 5.02. The molecule has 0 unspecified atom stereocenters. The Balaban J connectivity index is 2.69. The molecule has 0 aromatic heterocycles. The van der Waals surface area contributed by atoms with E-state index >= 15 is 0 Å². The van der Waals surface area contributed by atoms with Crippen molar-refractivity contribution in [1.82, 2.24) is 0 Å². The topological polar surface area (TPSA) is 20.2 Å². The van der Waals surface area contributed by atoms with Crippen LogP contribution in [0.25, 0.3) is 0 Å². The molecule has 1 nitrogen and oxygen atoms in total. The van der Waals surface area contributed by atoms with Gasteiger partial charge in [0.25, 0.3) is 0 Å². The van der Waals surface area contributed by atoms with E-state index in [1.54, 1.807) is 0 Å². The minimum absolute atomic E-state index is 0.519. The Labute approximate surface area is 49.3 Å². The van der Waals surface area contributed by atoms with Crippen molar-refractivity contribution in [2.45, 2.75) is 19.8 Å². The van der Waals surface area contributed by atoms with E-state index < -0.39 is 0 Å². The van der Waals surface area contributed by atoms with Crippen LogP contribution in [-0.4, -0.2) is 5.11 Å². The summed E-state index contributed by atoms with van der Waals surface area (Å²) in [6, 6.07) is 0. The van der Waals surface area contributed by atoms with E-state index in [0.29, 0.717) is 5.76 Å². The number of hydrogen-bond acceptors (Lipinski definition) is 1. The molecule has 0 aromatic rings. The van der Waals surface area contributed by atoms with Crippen LogP contribution in [0.5, 0.6) is 0 Å². The summed E-state index contributed by atoms with van der Waals surface area (Å²) < 4.78 is 0. The monoisotopic (exact) mass is 110 g/mol. The minimum Gasteiger partial charge on any atom is -0.512 e. The molecule has 1 aliphatic carbocycles. The third-order valence-electron chi connectivity index (χ3n) is 1.26. The summed E-state index contributed by atoms with van der Waals surface area (Å²) >= 11 is 0. The van der Waals surface area contributed by atoms with Crippen molar-refractivity contribution >= 4 is 0 Å².